The molecule has 0 atom stereocenters. The number of carbonyl (C=O) groups is 1. The molecule has 26 heavy (non-hydrogen) atoms. The monoisotopic (exact) mass is 387 g/mol. The summed E-state index contributed by atoms with van der Waals surface area (Å²) >= 11 is 2.82. The molecule has 0 radical (unpaired) electrons. The van der Waals surface area contributed by atoms with Crippen molar-refractivity contribution in [1.82, 2.24) is 14.5 Å². The standard InChI is InChI=1S/C19H21N3O2S2/c1-4-22(5-2)16(23)12-25-19-20-17-14(18(24)21(19)3)11-15(26-17)13-9-7-6-8-10-13/h6-11H,4-5,12H2,1-3H3. The third kappa shape index (κ3) is 3.68. The van der Waals surface area contributed by atoms with Gasteiger partial charge >= 0.3 is 0 Å². The van der Waals surface area contributed by atoms with Crippen molar-refractivity contribution < 1.29 is 4.79 Å². The first-order chi connectivity index (χ1) is 12.5. The van der Waals surface area contributed by atoms with Gasteiger partial charge in [-0.3, -0.25) is 14.2 Å². The predicted octanol–water partition coefficient (Wildman–Crippen LogP) is 3.62. The molecule has 0 saturated heterocycles. The average Bonchev–Trinajstić information content (AvgIpc) is 3.09. The number of aromatic nitrogens is 2. The van der Waals surface area contributed by atoms with E-state index < -0.39 is 0 Å². The smallest absolute Gasteiger partial charge is 0.262 e. The molecule has 0 fully saturated rings. The van der Waals surface area contributed by atoms with E-state index in [2.05, 4.69) is 4.98 Å². The van der Waals surface area contributed by atoms with Gasteiger partial charge in [0, 0.05) is 25.0 Å². The molecule has 0 N–H and O–H groups in total. The Morgan fingerprint density at radius 2 is 1.92 bits per heavy atom. The summed E-state index contributed by atoms with van der Waals surface area (Å²) in [5.41, 5.74) is 0.995. The van der Waals surface area contributed by atoms with Crippen LogP contribution in [0.2, 0.25) is 0 Å². The van der Waals surface area contributed by atoms with Crippen LogP contribution in [0, 0.1) is 0 Å². The SMILES string of the molecule is CCN(CC)C(=O)CSc1nc2sc(-c3ccccc3)cc2c(=O)n1C. The molecule has 0 aliphatic carbocycles. The molecule has 0 aliphatic rings. The Hall–Kier alpha value is -2.12. The average molecular weight is 388 g/mol. The fourth-order valence-electron chi connectivity index (χ4n) is 2.71. The maximum Gasteiger partial charge on any atom is 0.262 e. The lowest BCUT2D eigenvalue weighted by Crippen LogP contribution is -2.32. The van der Waals surface area contributed by atoms with Gasteiger partial charge in [0.1, 0.15) is 4.83 Å². The largest absolute Gasteiger partial charge is 0.343 e. The van der Waals surface area contributed by atoms with E-state index in [9.17, 15) is 9.59 Å². The topological polar surface area (TPSA) is 55.2 Å². The maximum absolute atomic E-state index is 12.7. The number of amides is 1. The molecule has 7 heteroatoms. The first kappa shape index (κ1) is 18.7. The predicted molar refractivity (Wildman–Crippen MR) is 109 cm³/mol. The van der Waals surface area contributed by atoms with Gasteiger partial charge in [-0.15, -0.1) is 11.3 Å². The summed E-state index contributed by atoms with van der Waals surface area (Å²) in [5.74, 6) is 0.343. The molecule has 0 saturated carbocycles. The van der Waals surface area contributed by atoms with E-state index in [1.54, 1.807) is 11.9 Å². The lowest BCUT2D eigenvalue weighted by Gasteiger charge is -2.18. The zero-order valence-electron chi connectivity index (χ0n) is 15.1. The molecule has 0 bridgehead atoms. The van der Waals surface area contributed by atoms with E-state index in [4.69, 9.17) is 0 Å². The highest BCUT2D eigenvalue weighted by atomic mass is 32.2. The van der Waals surface area contributed by atoms with Crippen LogP contribution in [-0.4, -0.2) is 39.2 Å². The number of hydrogen-bond acceptors (Lipinski definition) is 5. The third-order valence-corrected chi connectivity index (χ3v) is 6.32. The number of fused-ring (bicyclic) bond motifs is 1. The zero-order chi connectivity index (χ0) is 18.7. The number of thiophene rings is 1. The van der Waals surface area contributed by atoms with Crippen molar-refractivity contribution in [2.24, 2.45) is 7.05 Å². The minimum absolute atomic E-state index is 0.0606. The molecule has 0 spiro atoms. The van der Waals surface area contributed by atoms with Crippen molar-refractivity contribution in [1.29, 1.82) is 0 Å². The van der Waals surface area contributed by atoms with Crippen LogP contribution in [-0.2, 0) is 11.8 Å². The lowest BCUT2D eigenvalue weighted by atomic mass is 10.2. The molecule has 136 valence electrons. The van der Waals surface area contributed by atoms with Gasteiger partial charge in [-0.2, -0.15) is 0 Å². The summed E-state index contributed by atoms with van der Waals surface area (Å²) in [4.78, 5) is 33.1. The van der Waals surface area contributed by atoms with Crippen LogP contribution in [0.25, 0.3) is 20.7 Å². The molecule has 2 aromatic heterocycles. The number of rotatable bonds is 6. The van der Waals surface area contributed by atoms with Crippen LogP contribution in [0.4, 0.5) is 0 Å². The lowest BCUT2D eigenvalue weighted by molar-refractivity contribution is -0.127. The fourth-order valence-corrected chi connectivity index (χ4v) is 4.67. The highest BCUT2D eigenvalue weighted by molar-refractivity contribution is 7.99. The molecule has 5 nitrogen and oxygen atoms in total. The van der Waals surface area contributed by atoms with E-state index in [0.29, 0.717) is 28.5 Å². The van der Waals surface area contributed by atoms with Crippen LogP contribution in [0.1, 0.15) is 13.8 Å². The van der Waals surface area contributed by atoms with Crippen molar-refractivity contribution in [3.63, 3.8) is 0 Å². The summed E-state index contributed by atoms with van der Waals surface area (Å²) in [6.45, 7) is 5.30. The Bertz CT molecular complexity index is 976. The van der Waals surface area contributed by atoms with Crippen molar-refractivity contribution in [3.8, 4) is 10.4 Å². The van der Waals surface area contributed by atoms with Crippen LogP contribution < -0.4 is 5.56 Å². The number of hydrogen-bond donors (Lipinski definition) is 0. The van der Waals surface area contributed by atoms with Gasteiger partial charge in [-0.25, -0.2) is 4.98 Å². The van der Waals surface area contributed by atoms with Crippen LogP contribution in [0.3, 0.4) is 0 Å². The van der Waals surface area contributed by atoms with Gasteiger partial charge in [0.05, 0.1) is 11.1 Å². The summed E-state index contributed by atoms with van der Waals surface area (Å²) in [6, 6.07) is 11.9. The second-order valence-electron chi connectivity index (χ2n) is 5.81. The Morgan fingerprint density at radius 3 is 2.58 bits per heavy atom. The van der Waals surface area contributed by atoms with E-state index in [0.717, 1.165) is 10.4 Å². The highest BCUT2D eigenvalue weighted by Gasteiger charge is 2.16. The molecule has 0 unspecified atom stereocenters. The Morgan fingerprint density at radius 1 is 1.23 bits per heavy atom. The second-order valence-corrected chi connectivity index (χ2v) is 7.78. The van der Waals surface area contributed by atoms with Crippen LogP contribution >= 0.6 is 23.1 Å². The third-order valence-electron chi connectivity index (χ3n) is 4.23. The minimum Gasteiger partial charge on any atom is -0.343 e. The number of thioether (sulfide) groups is 1. The molecule has 3 aromatic rings. The van der Waals surface area contributed by atoms with Gasteiger partial charge in [0.2, 0.25) is 5.91 Å². The quantitative estimate of drug-likeness (QED) is 0.479. The number of carbonyl (C=O) groups excluding carboxylic acids is 1. The Balaban J connectivity index is 1.92. The molecule has 1 amide bonds. The van der Waals surface area contributed by atoms with Crippen LogP contribution in [0.15, 0.2) is 46.3 Å². The first-order valence-electron chi connectivity index (χ1n) is 8.51. The number of benzene rings is 1. The van der Waals surface area contributed by atoms with Gasteiger partial charge < -0.3 is 4.90 Å². The van der Waals surface area contributed by atoms with Gasteiger partial charge in [0.25, 0.3) is 5.56 Å². The van der Waals surface area contributed by atoms with Crippen molar-refractivity contribution >= 4 is 39.2 Å². The van der Waals surface area contributed by atoms with Gasteiger partial charge in [0.15, 0.2) is 5.16 Å². The van der Waals surface area contributed by atoms with Gasteiger partial charge in [-0.1, -0.05) is 42.1 Å². The minimum atomic E-state index is -0.0776. The van der Waals surface area contributed by atoms with E-state index in [1.807, 2.05) is 50.2 Å². The van der Waals surface area contributed by atoms with E-state index in [-0.39, 0.29) is 17.2 Å². The first-order valence-corrected chi connectivity index (χ1v) is 10.3. The Labute approximate surface area is 160 Å². The summed E-state index contributed by atoms with van der Waals surface area (Å²) in [5, 5.41) is 1.19. The van der Waals surface area contributed by atoms with Gasteiger partial charge in [-0.05, 0) is 25.5 Å². The Kier molecular flexibility index (Phi) is 5.78. The summed E-state index contributed by atoms with van der Waals surface area (Å²) < 4.78 is 1.53. The molecule has 2 heterocycles. The molecule has 1 aromatic carbocycles. The molecule has 3 rings (SSSR count). The fraction of sp³-hybridized carbons (Fsp3) is 0.316. The van der Waals surface area contributed by atoms with E-state index >= 15 is 0 Å². The zero-order valence-corrected chi connectivity index (χ0v) is 16.7. The molecule has 0 aliphatic heterocycles. The van der Waals surface area contributed by atoms with Crippen molar-refractivity contribution in [3.05, 3.63) is 46.8 Å². The molecular formula is C19H21N3O2S2. The normalized spacial score (nSPS) is 11.0. The van der Waals surface area contributed by atoms with Crippen LogP contribution in [0.5, 0.6) is 0 Å². The maximum atomic E-state index is 12.7. The number of nitrogens with zero attached hydrogens (tertiary/aromatic N) is 3. The van der Waals surface area contributed by atoms with Crippen molar-refractivity contribution in [2.75, 3.05) is 18.8 Å². The van der Waals surface area contributed by atoms with Crippen molar-refractivity contribution in [2.45, 2.75) is 19.0 Å². The second kappa shape index (κ2) is 8.05. The summed E-state index contributed by atoms with van der Waals surface area (Å²) in [7, 11) is 1.71. The molecular weight excluding hydrogens is 366 g/mol. The highest BCUT2D eigenvalue weighted by Crippen LogP contribution is 2.31. The van der Waals surface area contributed by atoms with E-state index in [1.165, 1.54) is 27.7 Å². The summed E-state index contributed by atoms with van der Waals surface area (Å²) in [6.07, 6.45) is 0.